The molecule has 1 saturated carbocycles. The number of hydrogen-bond donors (Lipinski definition) is 1. The van der Waals surface area contributed by atoms with Crippen LogP contribution in [0.25, 0.3) is 0 Å². The Labute approximate surface area is 148 Å². The van der Waals surface area contributed by atoms with Crippen molar-refractivity contribution in [1.82, 2.24) is 20.2 Å². The Morgan fingerprint density at radius 1 is 1.12 bits per heavy atom. The van der Waals surface area contributed by atoms with Crippen molar-refractivity contribution in [3.05, 3.63) is 35.4 Å². The van der Waals surface area contributed by atoms with Crippen molar-refractivity contribution in [2.24, 2.45) is 5.92 Å². The number of anilines is 2. The molecule has 0 bridgehead atoms. The van der Waals surface area contributed by atoms with E-state index < -0.39 is 0 Å². The van der Waals surface area contributed by atoms with Crippen LogP contribution in [0.1, 0.15) is 48.7 Å². The first-order valence-electron chi connectivity index (χ1n) is 9.52. The Hall–Kier alpha value is -2.24. The van der Waals surface area contributed by atoms with Crippen molar-refractivity contribution in [3.63, 3.8) is 0 Å². The lowest BCUT2D eigenvalue weighted by atomic mass is 9.95. The van der Waals surface area contributed by atoms with Crippen LogP contribution in [0.15, 0.2) is 18.3 Å². The Balaban J connectivity index is 1.15. The van der Waals surface area contributed by atoms with E-state index in [9.17, 15) is 0 Å². The summed E-state index contributed by atoms with van der Waals surface area (Å²) < 4.78 is 0. The van der Waals surface area contributed by atoms with Gasteiger partial charge in [0, 0.05) is 37.7 Å². The molecule has 3 aliphatic rings. The number of nitrogens with one attached hydrogen (secondary N) is 1. The minimum absolute atomic E-state index is 0.600. The first-order valence-corrected chi connectivity index (χ1v) is 9.52. The monoisotopic (exact) mass is 336 g/mol. The summed E-state index contributed by atoms with van der Waals surface area (Å²) in [6.07, 6.45) is 9.14. The summed E-state index contributed by atoms with van der Waals surface area (Å²) in [6, 6.07) is 4.23. The molecule has 0 amide bonds. The average molecular weight is 336 g/mol. The van der Waals surface area contributed by atoms with Crippen LogP contribution >= 0.6 is 0 Å². The lowest BCUT2D eigenvalue weighted by molar-refractivity contribution is 0.424. The molecule has 2 aliphatic carbocycles. The molecule has 0 spiro atoms. The topological polar surface area (TPSA) is 66.8 Å². The summed E-state index contributed by atoms with van der Waals surface area (Å²) in [4.78, 5) is 11.3. The minimum Gasteiger partial charge on any atom is -0.370 e. The van der Waals surface area contributed by atoms with Gasteiger partial charge in [0.2, 0.25) is 0 Å². The van der Waals surface area contributed by atoms with Crippen LogP contribution in [-0.4, -0.2) is 39.8 Å². The summed E-state index contributed by atoms with van der Waals surface area (Å²) in [7, 11) is 0. The number of fused-ring (bicyclic) bond motifs is 1. The van der Waals surface area contributed by atoms with Crippen LogP contribution in [0.2, 0.25) is 0 Å². The molecule has 2 aromatic heterocycles. The predicted molar refractivity (Wildman–Crippen MR) is 96.9 cm³/mol. The van der Waals surface area contributed by atoms with Crippen LogP contribution in [0, 0.1) is 5.92 Å². The maximum absolute atomic E-state index is 4.63. The molecule has 25 heavy (non-hydrogen) atoms. The van der Waals surface area contributed by atoms with Crippen molar-refractivity contribution in [2.75, 3.05) is 29.9 Å². The van der Waals surface area contributed by atoms with Crippen molar-refractivity contribution in [2.45, 2.75) is 44.4 Å². The fourth-order valence-electron chi connectivity index (χ4n) is 3.78. The maximum atomic E-state index is 4.63. The third-order valence-corrected chi connectivity index (χ3v) is 5.53. The van der Waals surface area contributed by atoms with Gasteiger partial charge in [0.1, 0.15) is 11.6 Å². The smallest absolute Gasteiger partial charge is 0.151 e. The fourth-order valence-corrected chi connectivity index (χ4v) is 3.78. The number of hydrogen-bond acceptors (Lipinski definition) is 6. The molecule has 0 aromatic carbocycles. The molecule has 5 rings (SSSR count). The highest BCUT2D eigenvalue weighted by atomic mass is 15.3. The van der Waals surface area contributed by atoms with Gasteiger partial charge in [-0.05, 0) is 56.2 Å². The van der Waals surface area contributed by atoms with Crippen molar-refractivity contribution in [1.29, 1.82) is 0 Å². The zero-order valence-electron chi connectivity index (χ0n) is 14.5. The molecule has 3 heterocycles. The van der Waals surface area contributed by atoms with E-state index in [-0.39, 0.29) is 0 Å². The van der Waals surface area contributed by atoms with Gasteiger partial charge in [-0.3, -0.25) is 0 Å². The zero-order valence-corrected chi connectivity index (χ0v) is 14.5. The Kier molecular flexibility index (Phi) is 3.76. The van der Waals surface area contributed by atoms with E-state index in [1.807, 2.05) is 12.3 Å². The molecule has 6 nitrogen and oxygen atoms in total. The van der Waals surface area contributed by atoms with Gasteiger partial charge < -0.3 is 10.2 Å². The second-order valence-corrected chi connectivity index (χ2v) is 7.61. The third-order valence-electron chi connectivity index (χ3n) is 5.53. The van der Waals surface area contributed by atoms with E-state index in [1.165, 1.54) is 36.9 Å². The number of nitrogens with zero attached hydrogens (tertiary/aromatic N) is 5. The molecule has 1 aliphatic heterocycles. The number of aromatic nitrogens is 4. The second-order valence-electron chi connectivity index (χ2n) is 7.61. The Morgan fingerprint density at radius 2 is 2.00 bits per heavy atom. The highest BCUT2D eigenvalue weighted by molar-refractivity contribution is 5.45. The maximum Gasteiger partial charge on any atom is 0.151 e. The number of aryl methyl sites for hydroxylation is 2. The van der Waals surface area contributed by atoms with E-state index in [1.54, 1.807) is 0 Å². The summed E-state index contributed by atoms with van der Waals surface area (Å²) in [5, 5.41) is 12.4. The minimum atomic E-state index is 0.600. The molecule has 0 atom stereocenters. The summed E-state index contributed by atoms with van der Waals surface area (Å²) in [5.74, 6) is 4.25. The zero-order chi connectivity index (χ0) is 16.6. The number of rotatable bonds is 5. The van der Waals surface area contributed by atoms with E-state index in [2.05, 4.69) is 36.4 Å². The molecule has 1 saturated heterocycles. The van der Waals surface area contributed by atoms with Crippen molar-refractivity contribution >= 4 is 11.6 Å². The third kappa shape index (κ3) is 3.17. The van der Waals surface area contributed by atoms with Gasteiger partial charge in [-0.25, -0.2) is 9.97 Å². The second kappa shape index (κ2) is 6.24. The van der Waals surface area contributed by atoms with Crippen molar-refractivity contribution in [3.8, 4) is 0 Å². The SMILES string of the molecule is c1cc(NCC2CN(c3cc4c(nn3)CCCC4)C2)nc(C2CC2)n1. The first-order chi connectivity index (χ1) is 12.3. The standard InChI is InChI=1S/C19H24N6/c1-2-4-16-15(3-1)9-18(24-23-16)25-11-13(12-25)10-21-17-7-8-20-19(22-17)14-5-6-14/h7-9,13-14H,1-6,10-12H2,(H,20,21,22). The van der Waals surface area contributed by atoms with Gasteiger partial charge in [-0.15, -0.1) is 5.10 Å². The van der Waals surface area contributed by atoms with Gasteiger partial charge in [0.25, 0.3) is 0 Å². The molecular weight excluding hydrogens is 312 g/mol. The highest BCUT2D eigenvalue weighted by Crippen LogP contribution is 2.38. The van der Waals surface area contributed by atoms with Crippen LogP contribution in [-0.2, 0) is 12.8 Å². The van der Waals surface area contributed by atoms with E-state index >= 15 is 0 Å². The van der Waals surface area contributed by atoms with Gasteiger partial charge in [-0.2, -0.15) is 5.10 Å². The molecule has 1 N–H and O–H groups in total. The largest absolute Gasteiger partial charge is 0.370 e. The normalized spacial score (nSPS) is 20.1. The van der Waals surface area contributed by atoms with E-state index in [0.29, 0.717) is 11.8 Å². The Morgan fingerprint density at radius 3 is 2.88 bits per heavy atom. The lowest BCUT2D eigenvalue weighted by Gasteiger charge is -2.40. The summed E-state index contributed by atoms with van der Waals surface area (Å²) in [5.41, 5.74) is 2.62. The van der Waals surface area contributed by atoms with E-state index in [0.717, 1.165) is 49.9 Å². The van der Waals surface area contributed by atoms with Gasteiger partial charge in [-0.1, -0.05) is 0 Å². The Bertz CT molecular complexity index is 766. The summed E-state index contributed by atoms with van der Waals surface area (Å²) >= 11 is 0. The quantitative estimate of drug-likeness (QED) is 0.905. The van der Waals surface area contributed by atoms with Crippen molar-refractivity contribution < 1.29 is 0 Å². The predicted octanol–water partition coefficient (Wildman–Crippen LogP) is 2.57. The molecule has 2 aromatic rings. The highest BCUT2D eigenvalue weighted by Gasteiger charge is 2.29. The molecule has 0 radical (unpaired) electrons. The summed E-state index contributed by atoms with van der Waals surface area (Å²) in [6.45, 7) is 3.04. The molecule has 0 unspecified atom stereocenters. The average Bonchev–Trinajstić information content (AvgIpc) is 3.46. The molecule has 6 heteroatoms. The lowest BCUT2D eigenvalue weighted by Crippen LogP contribution is -2.50. The fraction of sp³-hybridized carbons (Fsp3) is 0.579. The van der Waals surface area contributed by atoms with E-state index in [4.69, 9.17) is 0 Å². The van der Waals surface area contributed by atoms with Crippen LogP contribution in [0.3, 0.4) is 0 Å². The molecular formula is C19H24N6. The van der Waals surface area contributed by atoms with Gasteiger partial charge in [0.05, 0.1) is 5.69 Å². The first kappa shape index (κ1) is 15.0. The molecule has 2 fully saturated rings. The van der Waals surface area contributed by atoms with Gasteiger partial charge >= 0.3 is 0 Å². The van der Waals surface area contributed by atoms with Gasteiger partial charge in [0.15, 0.2) is 5.82 Å². The van der Waals surface area contributed by atoms with Crippen LogP contribution in [0.4, 0.5) is 11.6 Å². The van der Waals surface area contributed by atoms with Crippen LogP contribution < -0.4 is 10.2 Å². The molecule has 130 valence electrons. The van der Waals surface area contributed by atoms with Crippen LogP contribution in [0.5, 0.6) is 0 Å².